The van der Waals surface area contributed by atoms with Crippen LogP contribution in [0.15, 0.2) is 42.6 Å². The molecule has 122 valence electrons. The monoisotopic (exact) mass is 331 g/mol. The molecule has 4 nitrogen and oxygen atoms in total. The molecule has 23 heavy (non-hydrogen) atoms. The van der Waals surface area contributed by atoms with Gasteiger partial charge in [-0.1, -0.05) is 37.6 Å². The Labute approximate surface area is 142 Å². The Bertz CT molecular complexity index is 624. The molecule has 0 fully saturated rings. The van der Waals surface area contributed by atoms with Gasteiger partial charge in [-0.25, -0.2) is 4.98 Å². The van der Waals surface area contributed by atoms with Gasteiger partial charge >= 0.3 is 0 Å². The lowest BCUT2D eigenvalue weighted by molar-refractivity contribution is 0.0948. The molecule has 1 heterocycles. The van der Waals surface area contributed by atoms with E-state index in [4.69, 9.17) is 11.6 Å². The summed E-state index contributed by atoms with van der Waals surface area (Å²) < 4.78 is 0. The van der Waals surface area contributed by atoms with Crippen LogP contribution in [-0.4, -0.2) is 24.0 Å². The van der Waals surface area contributed by atoms with E-state index in [0.717, 1.165) is 23.8 Å². The van der Waals surface area contributed by atoms with Crippen LogP contribution < -0.4 is 10.6 Å². The van der Waals surface area contributed by atoms with Gasteiger partial charge in [-0.05, 0) is 42.2 Å². The smallest absolute Gasteiger partial charge is 0.252 e. The molecule has 5 heteroatoms. The van der Waals surface area contributed by atoms with Crippen LogP contribution in [0.2, 0.25) is 5.02 Å². The third-order valence-corrected chi connectivity index (χ3v) is 3.58. The number of amides is 1. The van der Waals surface area contributed by atoms with Crippen molar-refractivity contribution in [2.75, 3.05) is 18.4 Å². The van der Waals surface area contributed by atoms with Crippen LogP contribution in [0.1, 0.15) is 29.8 Å². The summed E-state index contributed by atoms with van der Waals surface area (Å²) >= 11 is 5.86. The molecule has 2 aromatic rings. The van der Waals surface area contributed by atoms with E-state index in [2.05, 4.69) is 29.5 Å². The number of aromatic nitrogens is 1. The zero-order valence-corrected chi connectivity index (χ0v) is 14.2. The van der Waals surface area contributed by atoms with E-state index in [1.54, 1.807) is 12.3 Å². The first-order chi connectivity index (χ1) is 11.0. The number of rotatable bonds is 7. The summed E-state index contributed by atoms with van der Waals surface area (Å²) in [5.74, 6) is 1.11. The van der Waals surface area contributed by atoms with Gasteiger partial charge < -0.3 is 10.6 Å². The predicted octanol–water partition coefficient (Wildman–Crippen LogP) is 3.78. The van der Waals surface area contributed by atoms with Gasteiger partial charge in [0.25, 0.3) is 5.91 Å². The van der Waals surface area contributed by atoms with Crippen molar-refractivity contribution in [3.05, 3.63) is 58.7 Å². The Morgan fingerprint density at radius 3 is 2.52 bits per heavy atom. The lowest BCUT2D eigenvalue weighted by Gasteiger charge is -2.09. The molecule has 0 spiro atoms. The summed E-state index contributed by atoms with van der Waals surface area (Å²) in [7, 11) is 0. The van der Waals surface area contributed by atoms with Crippen molar-refractivity contribution in [1.29, 1.82) is 0 Å². The fraction of sp³-hybridized carbons (Fsp3) is 0.333. The van der Waals surface area contributed by atoms with Gasteiger partial charge in [-0.3, -0.25) is 4.79 Å². The number of nitrogens with one attached hydrogen (secondary N) is 2. The van der Waals surface area contributed by atoms with Crippen LogP contribution in [0, 0.1) is 5.92 Å². The highest BCUT2D eigenvalue weighted by atomic mass is 35.5. The average Bonchev–Trinajstić information content (AvgIpc) is 2.55. The molecule has 0 aliphatic heterocycles. The van der Waals surface area contributed by atoms with E-state index in [1.165, 1.54) is 5.56 Å². The third-order valence-electron chi connectivity index (χ3n) is 3.33. The molecular formula is C18H22ClN3O. The number of nitrogens with zero attached hydrogens (tertiary/aromatic N) is 1. The molecule has 0 unspecified atom stereocenters. The van der Waals surface area contributed by atoms with Crippen molar-refractivity contribution in [1.82, 2.24) is 10.3 Å². The van der Waals surface area contributed by atoms with Crippen molar-refractivity contribution in [2.45, 2.75) is 20.3 Å². The maximum absolute atomic E-state index is 11.9. The molecule has 0 bridgehead atoms. The maximum Gasteiger partial charge on any atom is 0.252 e. The third kappa shape index (κ3) is 5.91. The number of hydrogen-bond acceptors (Lipinski definition) is 3. The highest BCUT2D eigenvalue weighted by molar-refractivity contribution is 6.30. The molecule has 2 N–H and O–H groups in total. The molecule has 2 rings (SSSR count). The quantitative estimate of drug-likeness (QED) is 0.812. The number of carbonyl (C=O) groups is 1. The highest BCUT2D eigenvalue weighted by Gasteiger charge is 2.06. The summed E-state index contributed by atoms with van der Waals surface area (Å²) in [4.78, 5) is 16.2. The van der Waals surface area contributed by atoms with Crippen molar-refractivity contribution < 1.29 is 4.79 Å². The van der Waals surface area contributed by atoms with Crippen molar-refractivity contribution >= 4 is 23.3 Å². The molecule has 0 radical (unpaired) electrons. The minimum atomic E-state index is -0.0843. The summed E-state index contributed by atoms with van der Waals surface area (Å²) in [6.07, 6.45) is 2.48. The molecule has 0 aliphatic carbocycles. The molecule has 1 aromatic carbocycles. The number of pyridine rings is 1. The fourth-order valence-corrected chi connectivity index (χ4v) is 2.14. The number of benzene rings is 1. The molecule has 0 saturated heterocycles. The number of hydrogen-bond donors (Lipinski definition) is 2. The van der Waals surface area contributed by atoms with E-state index in [-0.39, 0.29) is 5.91 Å². The second-order valence-corrected chi connectivity index (χ2v) is 6.28. The van der Waals surface area contributed by atoms with Crippen LogP contribution in [0.4, 0.5) is 5.82 Å². The van der Waals surface area contributed by atoms with E-state index < -0.39 is 0 Å². The molecule has 0 aliphatic rings. The summed E-state index contributed by atoms with van der Waals surface area (Å²) in [6, 6.07) is 11.4. The Balaban J connectivity index is 1.80. The first-order valence-corrected chi connectivity index (χ1v) is 8.15. The second kappa shape index (κ2) is 8.53. The summed E-state index contributed by atoms with van der Waals surface area (Å²) in [5.41, 5.74) is 1.79. The first-order valence-electron chi connectivity index (χ1n) is 7.77. The normalized spacial score (nSPS) is 10.6. The predicted molar refractivity (Wildman–Crippen MR) is 95.1 cm³/mol. The van der Waals surface area contributed by atoms with E-state index in [9.17, 15) is 4.79 Å². The maximum atomic E-state index is 11.9. The van der Waals surface area contributed by atoms with Crippen LogP contribution in [0.3, 0.4) is 0 Å². The molecule has 0 atom stereocenters. The zero-order chi connectivity index (χ0) is 16.7. The van der Waals surface area contributed by atoms with Crippen LogP contribution >= 0.6 is 11.6 Å². The van der Waals surface area contributed by atoms with Gasteiger partial charge in [-0.2, -0.15) is 0 Å². The summed E-state index contributed by atoms with van der Waals surface area (Å²) in [6.45, 7) is 5.56. The number of carbonyl (C=O) groups excluding carboxylic acids is 1. The lowest BCUT2D eigenvalue weighted by atomic mass is 10.1. The van der Waals surface area contributed by atoms with E-state index in [1.807, 2.05) is 30.3 Å². The SMILES string of the molecule is CC(C)CNC(=O)c1ccc(NCCc2ccc(Cl)cc2)nc1. The molecule has 1 amide bonds. The lowest BCUT2D eigenvalue weighted by Crippen LogP contribution is -2.27. The van der Waals surface area contributed by atoms with Gasteiger partial charge in [-0.15, -0.1) is 0 Å². The van der Waals surface area contributed by atoms with Gasteiger partial charge in [0.2, 0.25) is 0 Å². The molecule has 1 aromatic heterocycles. The van der Waals surface area contributed by atoms with Crippen molar-refractivity contribution in [2.24, 2.45) is 5.92 Å². The average molecular weight is 332 g/mol. The Hall–Kier alpha value is -2.07. The Morgan fingerprint density at radius 1 is 1.17 bits per heavy atom. The van der Waals surface area contributed by atoms with Crippen LogP contribution in [-0.2, 0) is 6.42 Å². The standard InChI is InChI=1S/C18H22ClN3O/c1-13(2)11-22-18(23)15-5-8-17(21-12-15)20-10-9-14-3-6-16(19)7-4-14/h3-8,12-13H,9-11H2,1-2H3,(H,20,21)(H,22,23). The van der Waals surface area contributed by atoms with Crippen LogP contribution in [0.25, 0.3) is 0 Å². The first kappa shape index (κ1) is 17.3. The Morgan fingerprint density at radius 2 is 1.91 bits per heavy atom. The minimum Gasteiger partial charge on any atom is -0.370 e. The number of halogens is 1. The Kier molecular flexibility index (Phi) is 6.41. The minimum absolute atomic E-state index is 0.0843. The number of anilines is 1. The summed E-state index contributed by atoms with van der Waals surface area (Å²) in [5, 5.41) is 6.87. The largest absolute Gasteiger partial charge is 0.370 e. The molecular weight excluding hydrogens is 310 g/mol. The van der Waals surface area contributed by atoms with E-state index >= 15 is 0 Å². The second-order valence-electron chi connectivity index (χ2n) is 5.84. The molecule has 0 saturated carbocycles. The van der Waals surface area contributed by atoms with Gasteiger partial charge in [0.1, 0.15) is 5.82 Å². The van der Waals surface area contributed by atoms with Gasteiger partial charge in [0.15, 0.2) is 0 Å². The fourth-order valence-electron chi connectivity index (χ4n) is 2.02. The van der Waals surface area contributed by atoms with Gasteiger partial charge in [0.05, 0.1) is 5.56 Å². The topological polar surface area (TPSA) is 54.0 Å². The zero-order valence-electron chi connectivity index (χ0n) is 13.5. The highest BCUT2D eigenvalue weighted by Crippen LogP contribution is 2.10. The van der Waals surface area contributed by atoms with Crippen LogP contribution in [0.5, 0.6) is 0 Å². The van der Waals surface area contributed by atoms with E-state index in [0.29, 0.717) is 18.0 Å². The van der Waals surface area contributed by atoms with Crippen molar-refractivity contribution in [3.8, 4) is 0 Å². The van der Waals surface area contributed by atoms with Gasteiger partial charge in [0, 0.05) is 24.3 Å². The van der Waals surface area contributed by atoms with Crippen molar-refractivity contribution in [3.63, 3.8) is 0 Å².